The van der Waals surface area contributed by atoms with E-state index in [0.29, 0.717) is 17.2 Å². The molecule has 6 heterocycles. The number of anilines is 1. The van der Waals surface area contributed by atoms with Crippen molar-refractivity contribution in [2.75, 3.05) is 19.4 Å². The number of nitrogen functional groups attached to an aromatic ring is 1. The van der Waals surface area contributed by atoms with E-state index < -0.39 is 60.3 Å². The van der Waals surface area contributed by atoms with Crippen LogP contribution in [0.3, 0.4) is 0 Å². The summed E-state index contributed by atoms with van der Waals surface area (Å²) < 4.78 is 49.8. The van der Waals surface area contributed by atoms with Crippen LogP contribution in [0, 0.1) is 0 Å². The van der Waals surface area contributed by atoms with Crippen LogP contribution in [0.15, 0.2) is 30.6 Å². The molecule has 236 valence electrons. The average molecular weight is 722 g/mol. The third-order valence-electron chi connectivity index (χ3n) is 7.86. The molecule has 0 spiro atoms. The van der Waals surface area contributed by atoms with Gasteiger partial charge in [0.1, 0.15) is 42.0 Å². The van der Waals surface area contributed by atoms with Crippen LogP contribution in [-0.2, 0) is 46.4 Å². The van der Waals surface area contributed by atoms with E-state index in [-0.39, 0.29) is 30.0 Å². The molecular weight excluding hydrogens is 696 g/mol. The molecule has 10 atom stereocenters. The first kappa shape index (κ1) is 31.1. The summed E-state index contributed by atoms with van der Waals surface area (Å²) in [6.07, 6.45) is -2.54. The van der Waals surface area contributed by atoms with Crippen LogP contribution in [0.4, 0.5) is 16.0 Å². The Bertz CT molecular complexity index is 1780. The standard InChI is InChI=1S/C22H26FN9O6P2S4/c1-9-14-20(29-6-30(9)2)31(7-27-14)10-3-11-16(33)17(10)37-39(41,42)34-4-12-18(38-40(43,44)36-11)13(23)22(35-12)32-8-28-15-19(24)25-5-26-21(15)32/h5-8,10-13,16-18,22,33H,1,3-4H2,2H3,(H,41,42)(H,43,44)(H2,24,25,26)/t10-,11+,12-,13-,16-,17+,18-,22-/m1/s1. The predicted octanol–water partition coefficient (Wildman–Crippen LogP) is 2.92. The highest BCUT2D eigenvalue weighted by Gasteiger charge is 2.53. The molecule has 1 aliphatic carbocycles. The first-order chi connectivity index (χ1) is 20.8. The van der Waals surface area contributed by atoms with Gasteiger partial charge in [0.15, 0.2) is 29.7 Å². The van der Waals surface area contributed by atoms with Crippen molar-refractivity contribution in [1.82, 2.24) is 34.0 Å². The summed E-state index contributed by atoms with van der Waals surface area (Å²) in [6, 6.07) is -0.570. The third kappa shape index (κ3) is 5.36. The molecule has 15 nitrogen and oxygen atoms in total. The third-order valence-corrected chi connectivity index (χ3v) is 12.2. The van der Waals surface area contributed by atoms with E-state index in [9.17, 15) is 5.11 Å². The number of alkyl halides is 1. The van der Waals surface area contributed by atoms with Crippen molar-refractivity contribution in [3.63, 3.8) is 0 Å². The lowest BCUT2D eigenvalue weighted by molar-refractivity contribution is -0.0467. The van der Waals surface area contributed by atoms with Gasteiger partial charge in [0.25, 0.3) is 0 Å². The largest absolute Gasteiger partial charge is 0.388 e. The van der Waals surface area contributed by atoms with Gasteiger partial charge in [-0.25, -0.2) is 29.3 Å². The van der Waals surface area contributed by atoms with Gasteiger partial charge in [-0.2, -0.15) is 0 Å². The summed E-state index contributed by atoms with van der Waals surface area (Å²) in [6.45, 7) is 3.79. The van der Waals surface area contributed by atoms with Crippen LogP contribution in [0.5, 0.6) is 0 Å². The lowest BCUT2D eigenvalue weighted by Crippen LogP contribution is -2.37. The van der Waals surface area contributed by atoms with Crippen molar-refractivity contribution in [1.29, 1.82) is 0 Å². The fourth-order valence-electron chi connectivity index (χ4n) is 5.70. The number of thiol groups is 2. The number of ether oxygens (including phenoxy) is 1. The maximum absolute atomic E-state index is 16.2. The quantitative estimate of drug-likeness (QED) is 0.225. The highest BCUT2D eigenvalue weighted by atomic mass is 32.9. The lowest BCUT2D eigenvalue weighted by Gasteiger charge is -2.32. The molecule has 3 aromatic heterocycles. The molecule has 2 unspecified atom stereocenters. The molecule has 3 aliphatic heterocycles. The highest BCUT2D eigenvalue weighted by molar-refractivity contribution is 8.60. The van der Waals surface area contributed by atoms with Crippen molar-refractivity contribution in [2.45, 2.75) is 55.4 Å². The topological polar surface area (TPSA) is 169 Å². The molecule has 2 saturated heterocycles. The van der Waals surface area contributed by atoms with Crippen LogP contribution in [0.1, 0.15) is 24.4 Å². The minimum atomic E-state index is -3.51. The van der Waals surface area contributed by atoms with Crippen LogP contribution < -0.4 is 5.73 Å². The Morgan fingerprint density at radius 3 is 2.61 bits per heavy atom. The molecule has 22 heteroatoms. The second kappa shape index (κ2) is 11.3. The molecule has 4 aliphatic rings. The van der Waals surface area contributed by atoms with Gasteiger partial charge in [-0.15, -0.1) is 0 Å². The molecule has 3 N–H and O–H groups in total. The predicted molar refractivity (Wildman–Crippen MR) is 172 cm³/mol. The van der Waals surface area contributed by atoms with E-state index >= 15 is 4.39 Å². The molecule has 1 saturated carbocycles. The van der Waals surface area contributed by atoms with Gasteiger partial charge >= 0.3 is 0 Å². The van der Waals surface area contributed by atoms with E-state index in [2.05, 4.69) is 56.0 Å². The number of hydrogen-bond donors (Lipinski definition) is 4. The number of fused-ring (bicyclic) bond motifs is 5. The molecule has 0 amide bonds. The van der Waals surface area contributed by atoms with Gasteiger partial charge in [-0.3, -0.25) is 4.57 Å². The average Bonchev–Trinajstić information content (AvgIpc) is 3.72. The smallest absolute Gasteiger partial charge is 0.245 e. The maximum Gasteiger partial charge on any atom is 0.245 e. The van der Waals surface area contributed by atoms with Crippen molar-refractivity contribution >= 4 is 94.3 Å². The fraction of sp³-hybridized carbons (Fsp3) is 0.500. The SMILES string of the molecule is C=C1c2ncn([C@@H]3C[C@@H]4OP(=S)(S)O[C@H]5[C@@H](F)[C@H](n6cnc7c(N)ncnc76)O[C@@H]5COP(=S)(S)O[C@@H]3[C@@H]4O)c2N=CN1C. The second-order valence-corrected chi connectivity index (χ2v) is 21.0. The zero-order valence-corrected chi connectivity index (χ0v) is 27.9. The summed E-state index contributed by atoms with van der Waals surface area (Å²) in [5.74, 6) is 0.652. The molecule has 44 heavy (non-hydrogen) atoms. The Morgan fingerprint density at radius 2 is 1.82 bits per heavy atom. The Morgan fingerprint density at radius 1 is 1.07 bits per heavy atom. The first-order valence-corrected chi connectivity index (χ1v) is 20.7. The van der Waals surface area contributed by atoms with Crippen molar-refractivity contribution < 1.29 is 32.3 Å². The van der Waals surface area contributed by atoms with Gasteiger partial charge in [-0.1, -0.05) is 31.1 Å². The van der Waals surface area contributed by atoms with Gasteiger partial charge in [-0.05, 0) is 23.6 Å². The number of rotatable bonds is 2. The number of hydrogen-bond acceptors (Lipinski definition) is 15. The number of aliphatic hydroxyl groups excluding tert-OH is 1. The van der Waals surface area contributed by atoms with E-state index in [1.807, 2.05) is 7.05 Å². The number of halogens is 1. The Kier molecular flexibility index (Phi) is 7.99. The van der Waals surface area contributed by atoms with Crippen molar-refractivity contribution in [3.8, 4) is 0 Å². The van der Waals surface area contributed by atoms with Gasteiger partial charge < -0.3 is 43.1 Å². The Balaban J connectivity index is 1.20. The minimum absolute atomic E-state index is 0.132. The first-order valence-electron chi connectivity index (χ1n) is 13.1. The summed E-state index contributed by atoms with van der Waals surface area (Å²) in [4.78, 5) is 23.0. The molecule has 3 aromatic rings. The minimum Gasteiger partial charge on any atom is -0.388 e. The van der Waals surface area contributed by atoms with Crippen LogP contribution in [-0.4, -0.2) is 95.8 Å². The number of aliphatic imine (C=N–C) groups is 1. The van der Waals surface area contributed by atoms with Gasteiger partial charge in [0, 0.05) is 13.5 Å². The zero-order chi connectivity index (χ0) is 31.1. The van der Waals surface area contributed by atoms with Crippen molar-refractivity contribution in [3.05, 3.63) is 31.3 Å². The summed E-state index contributed by atoms with van der Waals surface area (Å²) in [5, 5.41) is 11.4. The van der Waals surface area contributed by atoms with E-state index in [1.165, 1.54) is 17.2 Å². The molecule has 7 rings (SSSR count). The van der Waals surface area contributed by atoms with Gasteiger partial charge in [0.05, 0.1) is 43.4 Å². The molecular formula is C22H26FN9O6P2S4. The summed E-state index contributed by atoms with van der Waals surface area (Å²) in [7, 11) is 1.81. The fourth-order valence-corrected chi connectivity index (χ4v) is 10.2. The summed E-state index contributed by atoms with van der Waals surface area (Å²) >= 11 is 20.3. The molecule has 0 radical (unpaired) electrons. The Hall–Kier alpha value is -1.54. The molecule has 3 fully saturated rings. The zero-order valence-electron chi connectivity index (χ0n) is 22.7. The van der Waals surface area contributed by atoms with Crippen molar-refractivity contribution in [2.24, 2.45) is 4.99 Å². The molecule has 2 bridgehead atoms. The number of nitrogens with zero attached hydrogens (tertiary/aromatic N) is 8. The lowest BCUT2D eigenvalue weighted by atomic mass is 10.1. The highest BCUT2D eigenvalue weighted by Crippen LogP contribution is 2.63. The normalized spacial score (nSPS) is 39.2. The maximum atomic E-state index is 16.2. The number of imidazole rings is 2. The second-order valence-electron chi connectivity index (χ2n) is 10.5. The van der Waals surface area contributed by atoms with E-state index in [1.54, 1.807) is 22.1 Å². The number of aliphatic hydroxyl groups is 1. The van der Waals surface area contributed by atoms with E-state index in [4.69, 9.17) is 52.2 Å². The number of aromatic nitrogens is 6. The Labute approximate surface area is 270 Å². The van der Waals surface area contributed by atoms with Crippen LogP contribution in [0.2, 0.25) is 0 Å². The summed E-state index contributed by atoms with van der Waals surface area (Å²) in [5.41, 5.74) is 0.794. The molecule has 0 aromatic carbocycles. The number of nitrogens with two attached hydrogens (primary N) is 1. The van der Waals surface area contributed by atoms with Crippen LogP contribution in [0.25, 0.3) is 16.9 Å². The van der Waals surface area contributed by atoms with Crippen LogP contribution >= 0.6 is 35.9 Å². The van der Waals surface area contributed by atoms with E-state index in [0.717, 1.165) is 0 Å². The van der Waals surface area contributed by atoms with Gasteiger partial charge in [0.2, 0.25) is 11.4 Å². The monoisotopic (exact) mass is 721 g/mol.